The van der Waals surface area contributed by atoms with Crippen LogP contribution in [0.3, 0.4) is 0 Å². The topological polar surface area (TPSA) is 3.24 Å². The summed E-state index contributed by atoms with van der Waals surface area (Å²) in [5.74, 6) is 0. The van der Waals surface area contributed by atoms with Gasteiger partial charge < -0.3 is 4.90 Å². The summed E-state index contributed by atoms with van der Waals surface area (Å²) in [4.78, 5) is 2.42. The maximum Gasteiger partial charge on any atom is 0.0468 e. The third-order valence-electron chi connectivity index (χ3n) is 10.7. The molecule has 1 nitrogen and oxygen atoms in total. The highest BCUT2D eigenvalue weighted by Crippen LogP contribution is 2.51. The first-order valence-electron chi connectivity index (χ1n) is 18.1. The molecule has 0 amide bonds. The molecule has 0 heterocycles. The van der Waals surface area contributed by atoms with Gasteiger partial charge in [0.25, 0.3) is 0 Å². The van der Waals surface area contributed by atoms with E-state index in [-0.39, 0.29) is 5.41 Å². The van der Waals surface area contributed by atoms with E-state index in [1.807, 2.05) is 0 Å². The molecule has 0 aliphatic heterocycles. The van der Waals surface area contributed by atoms with Crippen LogP contribution < -0.4 is 4.90 Å². The van der Waals surface area contributed by atoms with Gasteiger partial charge in [0.2, 0.25) is 0 Å². The van der Waals surface area contributed by atoms with Crippen molar-refractivity contribution in [2.24, 2.45) is 0 Å². The van der Waals surface area contributed by atoms with Crippen LogP contribution in [-0.4, -0.2) is 0 Å². The molecule has 0 radical (unpaired) electrons. The van der Waals surface area contributed by atoms with Gasteiger partial charge in [-0.3, -0.25) is 0 Å². The molecule has 0 N–H and O–H groups in total. The van der Waals surface area contributed by atoms with Crippen molar-refractivity contribution in [1.29, 1.82) is 0 Å². The lowest BCUT2D eigenvalue weighted by Crippen LogP contribution is -2.16. The molecule has 0 unspecified atom stereocenters. The van der Waals surface area contributed by atoms with Crippen molar-refractivity contribution < 1.29 is 0 Å². The molecule has 1 heteroatoms. The van der Waals surface area contributed by atoms with Crippen LogP contribution in [0, 0.1) is 0 Å². The van der Waals surface area contributed by atoms with Gasteiger partial charge in [-0.25, -0.2) is 0 Å². The molecule has 9 rings (SSSR count). The molecule has 0 saturated heterocycles. The quantitative estimate of drug-likeness (QED) is 0.164. The van der Waals surface area contributed by atoms with Crippen molar-refractivity contribution in [3.05, 3.63) is 211 Å². The summed E-state index contributed by atoms with van der Waals surface area (Å²) in [5, 5.41) is 0. The minimum absolute atomic E-state index is 0.101. The molecule has 0 bridgehead atoms. The fourth-order valence-electron chi connectivity index (χ4n) is 7.96. The van der Waals surface area contributed by atoms with Crippen molar-refractivity contribution in [1.82, 2.24) is 0 Å². The first-order chi connectivity index (χ1) is 25.5. The standard InChI is InChI=1S/C51H39N/c1-51(2)49-21-13-12-20-46(49)47-33-31-44(35-50(47)51)52(42-28-26-39(27-29-42)37-16-8-4-9-17-37)43-30-32-45(48(34-43)40-18-10-5-11-19-40)41-24-22-38(23-25-41)36-14-6-3-7-15-36/h3-35H,1-2H3. The van der Waals surface area contributed by atoms with Crippen LogP contribution in [0.1, 0.15) is 25.0 Å². The van der Waals surface area contributed by atoms with E-state index in [0.717, 1.165) is 17.1 Å². The van der Waals surface area contributed by atoms with Gasteiger partial charge in [0.15, 0.2) is 0 Å². The molecule has 8 aromatic rings. The summed E-state index contributed by atoms with van der Waals surface area (Å²) < 4.78 is 0. The number of rotatable bonds is 7. The molecule has 8 aromatic carbocycles. The average Bonchev–Trinajstić information content (AvgIpc) is 3.45. The lowest BCUT2D eigenvalue weighted by Gasteiger charge is -2.29. The third-order valence-corrected chi connectivity index (χ3v) is 10.7. The smallest absolute Gasteiger partial charge is 0.0468 e. The lowest BCUT2D eigenvalue weighted by atomic mass is 9.82. The Morgan fingerprint density at radius 3 is 1.31 bits per heavy atom. The molecule has 0 atom stereocenters. The zero-order valence-corrected chi connectivity index (χ0v) is 29.5. The number of fused-ring (bicyclic) bond motifs is 3. The maximum absolute atomic E-state index is 2.42. The number of hydrogen-bond acceptors (Lipinski definition) is 1. The summed E-state index contributed by atoms with van der Waals surface area (Å²) in [6, 6.07) is 72.8. The van der Waals surface area contributed by atoms with Crippen LogP contribution in [0.15, 0.2) is 200 Å². The average molecular weight is 666 g/mol. The van der Waals surface area contributed by atoms with Crippen LogP contribution >= 0.6 is 0 Å². The van der Waals surface area contributed by atoms with Crippen molar-refractivity contribution in [3.8, 4) is 55.6 Å². The summed E-state index contributed by atoms with van der Waals surface area (Å²) in [5.41, 5.74) is 18.3. The second kappa shape index (κ2) is 13.0. The zero-order chi connectivity index (χ0) is 35.1. The van der Waals surface area contributed by atoms with Crippen LogP contribution in [0.2, 0.25) is 0 Å². The first kappa shape index (κ1) is 31.5. The Bertz CT molecular complexity index is 2500. The van der Waals surface area contributed by atoms with E-state index in [1.165, 1.54) is 66.8 Å². The maximum atomic E-state index is 2.42. The Kier molecular flexibility index (Phi) is 7.90. The van der Waals surface area contributed by atoms with Gasteiger partial charge in [-0.2, -0.15) is 0 Å². The molecular formula is C51H39N. The summed E-state index contributed by atoms with van der Waals surface area (Å²) >= 11 is 0. The van der Waals surface area contributed by atoms with Gasteiger partial charge in [-0.1, -0.05) is 178 Å². The SMILES string of the molecule is CC1(C)c2ccccc2-c2ccc(N(c3ccc(-c4ccccc4)cc3)c3ccc(-c4ccc(-c5ccccc5)cc4)c(-c4ccccc4)c3)cc21. The second-order valence-corrected chi connectivity index (χ2v) is 14.2. The van der Waals surface area contributed by atoms with Crippen LogP contribution in [0.4, 0.5) is 17.1 Å². The van der Waals surface area contributed by atoms with Crippen molar-refractivity contribution in [3.63, 3.8) is 0 Å². The molecule has 0 spiro atoms. The van der Waals surface area contributed by atoms with E-state index in [2.05, 4.69) is 219 Å². The highest BCUT2D eigenvalue weighted by molar-refractivity contribution is 5.91. The summed E-state index contributed by atoms with van der Waals surface area (Å²) in [7, 11) is 0. The van der Waals surface area contributed by atoms with Gasteiger partial charge in [-0.15, -0.1) is 0 Å². The van der Waals surface area contributed by atoms with E-state index in [9.17, 15) is 0 Å². The number of hydrogen-bond donors (Lipinski definition) is 0. The van der Waals surface area contributed by atoms with E-state index in [0.29, 0.717) is 0 Å². The Labute approximate surface area is 307 Å². The van der Waals surface area contributed by atoms with E-state index in [4.69, 9.17) is 0 Å². The van der Waals surface area contributed by atoms with E-state index < -0.39 is 0 Å². The van der Waals surface area contributed by atoms with Crippen LogP contribution in [-0.2, 0) is 5.41 Å². The van der Waals surface area contributed by atoms with Crippen molar-refractivity contribution >= 4 is 17.1 Å². The largest absolute Gasteiger partial charge is 0.310 e. The van der Waals surface area contributed by atoms with Gasteiger partial charge in [0.05, 0.1) is 0 Å². The van der Waals surface area contributed by atoms with Gasteiger partial charge >= 0.3 is 0 Å². The second-order valence-electron chi connectivity index (χ2n) is 14.2. The molecule has 1 aliphatic carbocycles. The molecule has 0 saturated carbocycles. The molecule has 52 heavy (non-hydrogen) atoms. The monoisotopic (exact) mass is 665 g/mol. The minimum Gasteiger partial charge on any atom is -0.310 e. The third kappa shape index (κ3) is 5.61. The molecular weight excluding hydrogens is 627 g/mol. The van der Waals surface area contributed by atoms with Crippen LogP contribution in [0.25, 0.3) is 55.6 Å². The van der Waals surface area contributed by atoms with Crippen molar-refractivity contribution in [2.45, 2.75) is 19.3 Å². The Hall–Kier alpha value is -6.44. The highest BCUT2D eigenvalue weighted by Gasteiger charge is 2.35. The fraction of sp³-hybridized carbons (Fsp3) is 0.0588. The Morgan fingerprint density at radius 2 is 0.692 bits per heavy atom. The first-order valence-corrected chi connectivity index (χ1v) is 18.1. The molecule has 1 aliphatic rings. The molecule has 248 valence electrons. The predicted molar refractivity (Wildman–Crippen MR) is 220 cm³/mol. The molecule has 0 aromatic heterocycles. The fourth-order valence-corrected chi connectivity index (χ4v) is 7.96. The number of nitrogens with zero attached hydrogens (tertiary/aromatic N) is 1. The van der Waals surface area contributed by atoms with Crippen molar-refractivity contribution in [2.75, 3.05) is 4.90 Å². The van der Waals surface area contributed by atoms with Crippen LogP contribution in [0.5, 0.6) is 0 Å². The molecule has 0 fully saturated rings. The summed E-state index contributed by atoms with van der Waals surface area (Å²) in [6.45, 7) is 4.71. The highest BCUT2D eigenvalue weighted by atomic mass is 15.1. The normalized spacial score (nSPS) is 12.6. The predicted octanol–water partition coefficient (Wildman–Crippen LogP) is 14.1. The zero-order valence-electron chi connectivity index (χ0n) is 29.5. The Morgan fingerprint density at radius 1 is 0.288 bits per heavy atom. The lowest BCUT2D eigenvalue weighted by molar-refractivity contribution is 0.660. The van der Waals surface area contributed by atoms with Gasteiger partial charge in [0, 0.05) is 22.5 Å². The minimum atomic E-state index is -0.101. The van der Waals surface area contributed by atoms with Gasteiger partial charge in [0.1, 0.15) is 0 Å². The van der Waals surface area contributed by atoms with Gasteiger partial charge in [-0.05, 0) is 103 Å². The number of anilines is 3. The van der Waals surface area contributed by atoms with E-state index in [1.54, 1.807) is 0 Å². The Balaban J connectivity index is 1.20. The number of benzene rings is 8. The van der Waals surface area contributed by atoms with E-state index >= 15 is 0 Å². The summed E-state index contributed by atoms with van der Waals surface area (Å²) in [6.07, 6.45) is 0.